The number of benzene rings is 1. The first-order valence-corrected chi connectivity index (χ1v) is 16.5. The van der Waals surface area contributed by atoms with Gasteiger partial charge in [-0.1, -0.05) is 0 Å². The lowest BCUT2D eigenvalue weighted by Gasteiger charge is -2.34. The molecule has 0 radical (unpaired) electrons. The lowest BCUT2D eigenvalue weighted by Crippen LogP contribution is -2.44. The molecular weight excluding hydrogens is 599 g/mol. The zero-order valence-electron chi connectivity index (χ0n) is 24.7. The standard InChI is InChI=1S/C29H36F3N7O4S/c1-19-14-25(39(35-19)20-4-3-5-20)38-17-22(16-26(38)43-27(40)34-28(18-33)8-9-28)44(41,42)24-7-6-21(15-23(24)29(30,31)32)37-12-10-36(2)11-13-37/h6-7,14-15,20,22,26H,3-5,8-13,16-17H2,1-2H3,(H,34,40)/t22-,26+/m1/s1. The molecule has 4 aliphatic rings. The number of hydrogen-bond donors (Lipinski definition) is 1. The molecule has 44 heavy (non-hydrogen) atoms. The number of anilines is 2. The minimum absolute atomic E-state index is 0.0936. The minimum atomic E-state index is -4.91. The normalized spacial score (nSPS) is 24.1. The third-order valence-corrected chi connectivity index (χ3v) is 11.4. The van der Waals surface area contributed by atoms with Crippen molar-refractivity contribution < 1.29 is 31.1 Å². The number of piperazine rings is 1. The molecule has 0 unspecified atom stereocenters. The van der Waals surface area contributed by atoms with Crippen LogP contribution in [-0.4, -0.2) is 86.0 Å². The fourth-order valence-electron chi connectivity index (χ4n) is 6.13. The zero-order valence-corrected chi connectivity index (χ0v) is 25.5. The van der Waals surface area contributed by atoms with Gasteiger partial charge < -0.3 is 24.8 Å². The summed E-state index contributed by atoms with van der Waals surface area (Å²) in [6, 6.07) is 7.34. The zero-order chi connectivity index (χ0) is 31.4. The third kappa shape index (κ3) is 5.81. The largest absolute Gasteiger partial charge is 0.425 e. The Morgan fingerprint density at radius 2 is 1.86 bits per heavy atom. The van der Waals surface area contributed by atoms with Gasteiger partial charge in [0.2, 0.25) is 0 Å². The number of carbonyl (C=O) groups excluding carboxylic acids is 1. The minimum Gasteiger partial charge on any atom is -0.425 e. The smallest absolute Gasteiger partial charge is 0.417 e. The van der Waals surface area contributed by atoms with Crippen molar-refractivity contribution in [2.24, 2.45) is 0 Å². The maximum absolute atomic E-state index is 14.4. The van der Waals surface area contributed by atoms with Crippen molar-refractivity contribution in [3.05, 3.63) is 35.5 Å². The maximum Gasteiger partial charge on any atom is 0.417 e. The average Bonchev–Trinajstić information content (AvgIpc) is 3.42. The van der Waals surface area contributed by atoms with Gasteiger partial charge in [0.25, 0.3) is 0 Å². The van der Waals surface area contributed by atoms with Gasteiger partial charge in [-0.2, -0.15) is 23.5 Å². The summed E-state index contributed by atoms with van der Waals surface area (Å²) in [5.74, 6) is 0.547. The van der Waals surface area contributed by atoms with Crippen molar-refractivity contribution in [3.8, 4) is 6.07 Å². The van der Waals surface area contributed by atoms with E-state index < -0.39 is 49.6 Å². The van der Waals surface area contributed by atoms with Gasteiger partial charge in [0.05, 0.1) is 33.5 Å². The number of amides is 1. The monoisotopic (exact) mass is 635 g/mol. The first-order chi connectivity index (χ1) is 20.8. The van der Waals surface area contributed by atoms with E-state index in [4.69, 9.17) is 4.74 Å². The average molecular weight is 636 g/mol. The number of hydrogen-bond acceptors (Lipinski definition) is 9. The first kappa shape index (κ1) is 30.5. The van der Waals surface area contributed by atoms with Crippen LogP contribution in [0.5, 0.6) is 0 Å². The molecule has 4 fully saturated rings. The lowest BCUT2D eigenvalue weighted by atomic mass is 9.93. The molecule has 238 valence electrons. The first-order valence-electron chi connectivity index (χ1n) is 14.9. The number of alkyl halides is 3. The van der Waals surface area contributed by atoms with Gasteiger partial charge >= 0.3 is 12.3 Å². The Kier molecular flexibility index (Phi) is 7.72. The van der Waals surface area contributed by atoms with Gasteiger partial charge in [0.15, 0.2) is 16.1 Å². The van der Waals surface area contributed by atoms with Crippen molar-refractivity contribution in [2.45, 2.75) is 79.6 Å². The molecule has 0 spiro atoms. The highest BCUT2D eigenvalue weighted by molar-refractivity contribution is 7.92. The van der Waals surface area contributed by atoms with Crippen molar-refractivity contribution >= 4 is 27.4 Å². The Morgan fingerprint density at radius 3 is 2.45 bits per heavy atom. The van der Waals surface area contributed by atoms with Crippen LogP contribution < -0.4 is 15.1 Å². The summed E-state index contributed by atoms with van der Waals surface area (Å²) in [7, 11) is -2.61. The highest BCUT2D eigenvalue weighted by Gasteiger charge is 2.49. The van der Waals surface area contributed by atoms with E-state index >= 15 is 0 Å². The summed E-state index contributed by atoms with van der Waals surface area (Å²) in [6.07, 6.45) is -3.40. The number of rotatable bonds is 7. The molecule has 2 saturated carbocycles. The van der Waals surface area contributed by atoms with E-state index in [1.807, 2.05) is 11.9 Å². The number of aromatic nitrogens is 2. The predicted octanol–water partition coefficient (Wildman–Crippen LogP) is 3.85. The van der Waals surface area contributed by atoms with Crippen LogP contribution in [0.3, 0.4) is 0 Å². The van der Waals surface area contributed by atoms with Gasteiger partial charge in [-0.3, -0.25) is 0 Å². The van der Waals surface area contributed by atoms with Gasteiger partial charge in [0.1, 0.15) is 11.4 Å². The summed E-state index contributed by atoms with van der Waals surface area (Å²) in [6.45, 7) is 4.02. The Bertz CT molecular complexity index is 1570. The molecule has 1 aromatic heterocycles. The second-order valence-corrected chi connectivity index (χ2v) is 14.6. The Labute approximate surface area is 254 Å². The van der Waals surface area contributed by atoms with Crippen LogP contribution in [0.15, 0.2) is 29.2 Å². The third-order valence-electron chi connectivity index (χ3n) is 9.20. The highest BCUT2D eigenvalue weighted by Crippen LogP contribution is 2.42. The second-order valence-electron chi connectivity index (χ2n) is 12.4. The van der Waals surface area contributed by atoms with Crippen LogP contribution in [0.25, 0.3) is 0 Å². The quantitative estimate of drug-likeness (QED) is 0.483. The summed E-state index contributed by atoms with van der Waals surface area (Å²) >= 11 is 0. The molecule has 2 atom stereocenters. The van der Waals surface area contributed by atoms with E-state index in [0.717, 1.165) is 31.4 Å². The summed E-state index contributed by atoms with van der Waals surface area (Å²) < 4.78 is 78.9. The van der Waals surface area contributed by atoms with Crippen molar-refractivity contribution in [1.82, 2.24) is 20.0 Å². The molecule has 3 heterocycles. The number of aryl methyl sites for hydroxylation is 1. The fourth-order valence-corrected chi connectivity index (χ4v) is 8.00. The van der Waals surface area contributed by atoms with Crippen LogP contribution in [0.2, 0.25) is 0 Å². The molecule has 2 aromatic rings. The van der Waals surface area contributed by atoms with Crippen LogP contribution >= 0.6 is 0 Å². The van der Waals surface area contributed by atoms with Crippen molar-refractivity contribution in [3.63, 3.8) is 0 Å². The number of alkyl carbamates (subject to hydrolysis) is 1. The maximum atomic E-state index is 14.4. The molecule has 2 saturated heterocycles. The van der Waals surface area contributed by atoms with Gasteiger partial charge in [-0.15, -0.1) is 0 Å². The number of halogens is 3. The topological polar surface area (TPSA) is 124 Å². The molecule has 6 rings (SSSR count). The summed E-state index contributed by atoms with van der Waals surface area (Å²) in [5, 5.41) is 15.2. The van der Waals surface area contributed by atoms with Crippen LogP contribution in [0.1, 0.15) is 55.8 Å². The molecule has 2 aliphatic heterocycles. The molecule has 1 aromatic carbocycles. The molecule has 0 bridgehead atoms. The lowest BCUT2D eigenvalue weighted by molar-refractivity contribution is -0.139. The molecule has 11 nitrogen and oxygen atoms in total. The van der Waals surface area contributed by atoms with E-state index in [0.29, 0.717) is 56.2 Å². The molecule has 15 heteroatoms. The number of nitriles is 1. The number of likely N-dealkylation sites (N-methyl/N-ethyl adjacent to an activating group) is 1. The number of sulfone groups is 1. The number of nitrogens with zero attached hydrogens (tertiary/aromatic N) is 6. The van der Waals surface area contributed by atoms with E-state index in [9.17, 15) is 31.6 Å². The summed E-state index contributed by atoms with van der Waals surface area (Å²) in [4.78, 5) is 17.6. The van der Waals surface area contributed by atoms with Crippen molar-refractivity contribution in [2.75, 3.05) is 49.6 Å². The number of ether oxygens (including phenoxy) is 1. The van der Waals surface area contributed by atoms with E-state index in [-0.39, 0.29) is 19.0 Å². The van der Waals surface area contributed by atoms with Gasteiger partial charge in [-0.25, -0.2) is 17.9 Å². The SMILES string of the molecule is Cc1cc(N2C[C@H](S(=O)(=O)c3ccc(N4CCN(C)CC4)cc3C(F)(F)F)C[C@@H]2OC(=O)NC2(C#N)CC2)n(C2CCC2)n1. The second kappa shape index (κ2) is 11.1. The number of carbonyl (C=O) groups is 1. The van der Waals surface area contributed by atoms with Gasteiger partial charge in [0, 0.05) is 50.9 Å². The van der Waals surface area contributed by atoms with Crippen LogP contribution in [0.4, 0.5) is 29.5 Å². The Hall–Kier alpha value is -3.51. The molecule has 2 aliphatic carbocycles. The molecule has 1 N–H and O–H groups in total. The van der Waals surface area contributed by atoms with E-state index in [1.165, 1.54) is 6.07 Å². The Morgan fingerprint density at radius 1 is 1.16 bits per heavy atom. The van der Waals surface area contributed by atoms with Crippen LogP contribution in [0, 0.1) is 18.3 Å². The Balaban J connectivity index is 1.32. The van der Waals surface area contributed by atoms with E-state index in [2.05, 4.69) is 21.4 Å². The predicted molar refractivity (Wildman–Crippen MR) is 155 cm³/mol. The van der Waals surface area contributed by atoms with Crippen LogP contribution in [-0.2, 0) is 20.8 Å². The molecular formula is C29H36F3N7O4S. The summed E-state index contributed by atoms with van der Waals surface area (Å²) in [5.41, 5.74) is -1.21. The fraction of sp³-hybridized carbons (Fsp3) is 0.621. The molecule has 1 amide bonds. The van der Waals surface area contributed by atoms with Gasteiger partial charge in [-0.05, 0) is 64.3 Å². The highest BCUT2D eigenvalue weighted by atomic mass is 32.2. The number of nitrogens with one attached hydrogen (secondary N) is 1. The van der Waals surface area contributed by atoms with Crippen molar-refractivity contribution in [1.29, 1.82) is 5.26 Å². The van der Waals surface area contributed by atoms with E-state index in [1.54, 1.807) is 22.6 Å².